The van der Waals surface area contributed by atoms with Crippen LogP contribution in [0.4, 0.5) is 10.8 Å². The second-order valence-electron chi connectivity index (χ2n) is 5.51. The minimum atomic E-state index is 0.595. The Bertz CT molecular complexity index is 600. The summed E-state index contributed by atoms with van der Waals surface area (Å²) in [5.41, 5.74) is 8.10. The van der Waals surface area contributed by atoms with E-state index in [2.05, 4.69) is 31.6 Å². The molecule has 7 heteroatoms. The molecular formula is C14H21N5S2. The van der Waals surface area contributed by atoms with Crippen molar-refractivity contribution < 1.29 is 0 Å². The van der Waals surface area contributed by atoms with Gasteiger partial charge in [-0.3, -0.25) is 0 Å². The number of likely N-dealkylation sites (tertiary alicyclic amines) is 1. The van der Waals surface area contributed by atoms with Gasteiger partial charge in [-0.2, -0.15) is 4.37 Å². The van der Waals surface area contributed by atoms with Crippen molar-refractivity contribution in [1.29, 1.82) is 0 Å². The molecule has 3 heterocycles. The minimum Gasteiger partial charge on any atom is -0.382 e. The van der Waals surface area contributed by atoms with Crippen LogP contribution in [0.1, 0.15) is 18.5 Å². The summed E-state index contributed by atoms with van der Waals surface area (Å²) in [4.78, 5) is 9.35. The zero-order valence-corrected chi connectivity index (χ0v) is 14.1. The second kappa shape index (κ2) is 6.29. The summed E-state index contributed by atoms with van der Waals surface area (Å²) in [6, 6.07) is 0. The lowest BCUT2D eigenvalue weighted by molar-refractivity contribution is 0.347. The maximum absolute atomic E-state index is 6.07. The van der Waals surface area contributed by atoms with Gasteiger partial charge in [-0.25, -0.2) is 4.98 Å². The zero-order chi connectivity index (χ0) is 14.8. The van der Waals surface area contributed by atoms with Crippen LogP contribution in [0, 0.1) is 6.92 Å². The molecule has 114 valence electrons. The van der Waals surface area contributed by atoms with Gasteiger partial charge in [0.05, 0.1) is 5.56 Å². The van der Waals surface area contributed by atoms with Crippen molar-refractivity contribution in [3.05, 3.63) is 11.1 Å². The van der Waals surface area contributed by atoms with Crippen molar-refractivity contribution >= 4 is 33.7 Å². The summed E-state index contributed by atoms with van der Waals surface area (Å²) < 4.78 is 4.33. The molecule has 1 saturated heterocycles. The normalized spacial score (nSPS) is 15.7. The summed E-state index contributed by atoms with van der Waals surface area (Å²) in [5.74, 6) is 0.595. The molecule has 1 aliphatic heterocycles. The Morgan fingerprint density at radius 3 is 2.81 bits per heavy atom. The molecule has 0 amide bonds. The number of likely N-dealkylation sites (N-methyl/N-ethyl adjacent to an activating group) is 1. The monoisotopic (exact) mass is 323 g/mol. The summed E-state index contributed by atoms with van der Waals surface area (Å²) in [7, 11) is 2.12. The predicted molar refractivity (Wildman–Crippen MR) is 91.3 cm³/mol. The van der Waals surface area contributed by atoms with Gasteiger partial charge in [0.2, 0.25) is 0 Å². The summed E-state index contributed by atoms with van der Waals surface area (Å²) >= 11 is 3.10. The van der Waals surface area contributed by atoms with Gasteiger partial charge in [0.1, 0.15) is 15.8 Å². The van der Waals surface area contributed by atoms with E-state index in [0.29, 0.717) is 5.82 Å². The van der Waals surface area contributed by atoms with Crippen LogP contribution in [0.2, 0.25) is 0 Å². The van der Waals surface area contributed by atoms with Gasteiger partial charge in [0.15, 0.2) is 0 Å². The second-order valence-corrected chi connectivity index (χ2v) is 7.12. The van der Waals surface area contributed by atoms with E-state index in [1.807, 2.05) is 6.92 Å². The van der Waals surface area contributed by atoms with Gasteiger partial charge in [-0.05, 0) is 44.4 Å². The van der Waals surface area contributed by atoms with E-state index in [4.69, 9.17) is 5.73 Å². The van der Waals surface area contributed by atoms with Gasteiger partial charge >= 0.3 is 0 Å². The molecule has 5 nitrogen and oxygen atoms in total. The average Bonchev–Trinajstić information content (AvgIpc) is 3.17. The molecule has 0 bridgehead atoms. The van der Waals surface area contributed by atoms with Crippen molar-refractivity contribution in [3.8, 4) is 10.6 Å². The maximum atomic E-state index is 6.07. The Balaban J connectivity index is 1.75. The van der Waals surface area contributed by atoms with Gasteiger partial charge < -0.3 is 15.5 Å². The molecule has 0 saturated carbocycles. The van der Waals surface area contributed by atoms with Crippen LogP contribution in [-0.4, -0.2) is 47.5 Å². The van der Waals surface area contributed by atoms with E-state index in [-0.39, 0.29) is 0 Å². The van der Waals surface area contributed by atoms with Crippen LogP contribution >= 0.6 is 22.9 Å². The molecule has 0 unspecified atom stereocenters. The molecule has 2 aromatic heterocycles. The summed E-state index contributed by atoms with van der Waals surface area (Å²) in [5, 5.41) is 4.16. The fourth-order valence-corrected chi connectivity index (χ4v) is 4.34. The molecule has 3 rings (SSSR count). The highest BCUT2D eigenvalue weighted by Gasteiger charge is 2.20. The third-order valence-corrected chi connectivity index (χ3v) is 5.78. The van der Waals surface area contributed by atoms with E-state index in [9.17, 15) is 0 Å². The number of hydrogen-bond donors (Lipinski definition) is 1. The zero-order valence-electron chi connectivity index (χ0n) is 12.5. The van der Waals surface area contributed by atoms with Crippen molar-refractivity contribution in [1.82, 2.24) is 14.3 Å². The van der Waals surface area contributed by atoms with Crippen LogP contribution in [0.15, 0.2) is 5.38 Å². The maximum Gasteiger partial charge on any atom is 0.149 e. The standard InChI is InChI=1S/C14H21N5S2/c1-10-9-20-13(16-10)11-12(15)17-21-14(11)18(2)7-8-19-5-3-4-6-19/h9H,3-8H2,1-2H3,(H2,15,17). The number of nitrogens with zero attached hydrogens (tertiary/aromatic N) is 4. The Morgan fingerprint density at radius 1 is 1.38 bits per heavy atom. The molecule has 2 N–H and O–H groups in total. The molecule has 21 heavy (non-hydrogen) atoms. The van der Waals surface area contributed by atoms with Crippen LogP contribution < -0.4 is 10.6 Å². The van der Waals surface area contributed by atoms with E-state index >= 15 is 0 Å². The number of hydrogen-bond acceptors (Lipinski definition) is 7. The number of aromatic nitrogens is 2. The first kappa shape index (κ1) is 14.7. The van der Waals surface area contributed by atoms with Crippen molar-refractivity contribution in [2.75, 3.05) is 43.9 Å². The first-order valence-electron chi connectivity index (χ1n) is 7.26. The quantitative estimate of drug-likeness (QED) is 0.917. The van der Waals surface area contributed by atoms with Gasteiger partial charge in [-0.15, -0.1) is 11.3 Å². The molecule has 0 atom stereocenters. The van der Waals surface area contributed by atoms with Crippen LogP contribution in [0.25, 0.3) is 10.6 Å². The smallest absolute Gasteiger partial charge is 0.149 e. The third kappa shape index (κ3) is 3.20. The predicted octanol–water partition coefficient (Wildman–Crippen LogP) is 2.69. The number of aryl methyl sites for hydroxylation is 1. The van der Waals surface area contributed by atoms with Crippen LogP contribution in [0.5, 0.6) is 0 Å². The lowest BCUT2D eigenvalue weighted by Crippen LogP contribution is -2.31. The van der Waals surface area contributed by atoms with E-state index in [1.165, 1.54) is 37.5 Å². The van der Waals surface area contributed by atoms with E-state index < -0.39 is 0 Å². The molecule has 2 aromatic rings. The highest BCUT2D eigenvalue weighted by Crippen LogP contribution is 2.40. The highest BCUT2D eigenvalue weighted by atomic mass is 32.1. The molecule has 1 fully saturated rings. The first-order chi connectivity index (χ1) is 10.1. The Morgan fingerprint density at radius 2 is 2.14 bits per heavy atom. The van der Waals surface area contributed by atoms with Crippen molar-refractivity contribution in [2.45, 2.75) is 19.8 Å². The molecule has 1 aliphatic rings. The van der Waals surface area contributed by atoms with Crippen LogP contribution in [-0.2, 0) is 0 Å². The minimum absolute atomic E-state index is 0.595. The SMILES string of the molecule is Cc1csc(-c2c(N)nsc2N(C)CCN2CCCC2)n1. The molecule has 0 aromatic carbocycles. The Kier molecular flexibility index (Phi) is 4.42. The number of rotatable bonds is 5. The molecule has 0 spiro atoms. The largest absolute Gasteiger partial charge is 0.382 e. The highest BCUT2D eigenvalue weighted by molar-refractivity contribution is 7.15. The number of anilines is 2. The molecule has 0 aliphatic carbocycles. The fraction of sp³-hybridized carbons (Fsp3) is 0.571. The summed E-state index contributed by atoms with van der Waals surface area (Å²) in [6.45, 7) is 6.57. The van der Waals surface area contributed by atoms with Crippen molar-refractivity contribution in [2.24, 2.45) is 0 Å². The van der Waals surface area contributed by atoms with Gasteiger partial charge in [0, 0.05) is 31.2 Å². The summed E-state index contributed by atoms with van der Waals surface area (Å²) in [6.07, 6.45) is 2.67. The van der Waals surface area contributed by atoms with Gasteiger partial charge in [0.25, 0.3) is 0 Å². The third-order valence-electron chi connectivity index (χ3n) is 3.83. The topological polar surface area (TPSA) is 58.3 Å². The number of nitrogens with two attached hydrogens (primary N) is 1. The molecule has 0 radical (unpaired) electrons. The Labute approximate surface area is 133 Å². The van der Waals surface area contributed by atoms with Gasteiger partial charge in [-0.1, -0.05) is 0 Å². The van der Waals surface area contributed by atoms with Crippen LogP contribution in [0.3, 0.4) is 0 Å². The molecular weight excluding hydrogens is 302 g/mol. The van der Waals surface area contributed by atoms with E-state index in [1.54, 1.807) is 11.3 Å². The number of thiazole rings is 1. The average molecular weight is 323 g/mol. The lowest BCUT2D eigenvalue weighted by Gasteiger charge is -2.22. The Hall–Kier alpha value is -1.18. The van der Waals surface area contributed by atoms with Crippen molar-refractivity contribution in [3.63, 3.8) is 0 Å². The lowest BCUT2D eigenvalue weighted by atomic mass is 10.3. The fourth-order valence-electron chi connectivity index (χ4n) is 2.62. The first-order valence-corrected chi connectivity index (χ1v) is 8.91. The number of nitrogen functional groups attached to an aromatic ring is 1. The van der Waals surface area contributed by atoms with E-state index in [0.717, 1.165) is 34.4 Å².